The van der Waals surface area contributed by atoms with Crippen molar-refractivity contribution in [1.82, 2.24) is 10.6 Å². The minimum Gasteiger partial charge on any atom is -0.469 e. The van der Waals surface area contributed by atoms with Crippen LogP contribution in [0, 0.1) is 0 Å². The third kappa shape index (κ3) is 3.10. The molecule has 2 N–H and O–H groups in total. The van der Waals surface area contributed by atoms with Gasteiger partial charge in [-0.2, -0.15) is 0 Å². The number of furan rings is 1. The van der Waals surface area contributed by atoms with E-state index in [9.17, 15) is 4.79 Å². The monoisotopic (exact) mass is 222 g/mol. The number of hydrogen-bond acceptors (Lipinski definition) is 3. The quantitative estimate of drug-likeness (QED) is 0.783. The fraction of sp³-hybridized carbons (Fsp3) is 0.583. The first kappa shape index (κ1) is 11.2. The maximum atomic E-state index is 11.0. The Labute approximate surface area is 95.4 Å². The molecular weight excluding hydrogens is 204 g/mol. The molecule has 0 bridgehead atoms. The third-order valence-corrected chi connectivity index (χ3v) is 2.89. The molecule has 4 nitrogen and oxygen atoms in total. The molecule has 0 saturated carbocycles. The molecule has 2 rings (SSSR count). The topological polar surface area (TPSA) is 54.3 Å². The molecule has 16 heavy (non-hydrogen) atoms. The average molecular weight is 222 g/mol. The molecule has 2 unspecified atom stereocenters. The van der Waals surface area contributed by atoms with Crippen LogP contribution in [0.25, 0.3) is 0 Å². The Morgan fingerprint density at radius 1 is 1.69 bits per heavy atom. The van der Waals surface area contributed by atoms with Gasteiger partial charge >= 0.3 is 0 Å². The summed E-state index contributed by atoms with van der Waals surface area (Å²) in [5, 5.41) is 6.35. The van der Waals surface area contributed by atoms with E-state index >= 15 is 0 Å². The summed E-state index contributed by atoms with van der Waals surface area (Å²) in [4.78, 5) is 11.0. The van der Waals surface area contributed by atoms with Crippen molar-refractivity contribution in [3.05, 3.63) is 24.2 Å². The first-order valence-electron chi connectivity index (χ1n) is 5.79. The molecule has 1 aromatic rings. The van der Waals surface area contributed by atoms with Crippen LogP contribution in [-0.2, 0) is 11.2 Å². The zero-order chi connectivity index (χ0) is 11.4. The van der Waals surface area contributed by atoms with Gasteiger partial charge in [-0.05, 0) is 25.5 Å². The number of hydrogen-bond donors (Lipinski definition) is 2. The lowest BCUT2D eigenvalue weighted by atomic mass is 10.1. The lowest BCUT2D eigenvalue weighted by Gasteiger charge is -2.16. The van der Waals surface area contributed by atoms with E-state index in [2.05, 4.69) is 17.6 Å². The van der Waals surface area contributed by atoms with Gasteiger partial charge in [0.25, 0.3) is 0 Å². The summed E-state index contributed by atoms with van der Waals surface area (Å²) in [7, 11) is 0. The fourth-order valence-corrected chi connectivity index (χ4v) is 1.98. The van der Waals surface area contributed by atoms with Crippen LogP contribution in [-0.4, -0.2) is 24.5 Å². The van der Waals surface area contributed by atoms with Crippen LogP contribution >= 0.6 is 0 Å². The Hall–Kier alpha value is -1.29. The van der Waals surface area contributed by atoms with E-state index in [1.54, 1.807) is 6.26 Å². The molecule has 1 aliphatic rings. The number of rotatable bonds is 5. The maximum absolute atomic E-state index is 11.0. The Morgan fingerprint density at radius 3 is 3.19 bits per heavy atom. The zero-order valence-electron chi connectivity index (χ0n) is 9.53. The van der Waals surface area contributed by atoms with Crippen LogP contribution in [0.4, 0.5) is 0 Å². The molecule has 1 saturated heterocycles. The molecule has 1 amide bonds. The van der Waals surface area contributed by atoms with Gasteiger partial charge in [-0.1, -0.05) is 0 Å². The Kier molecular flexibility index (Phi) is 3.62. The summed E-state index contributed by atoms with van der Waals surface area (Å²) in [5.74, 6) is 1.17. The lowest BCUT2D eigenvalue weighted by molar-refractivity contribution is -0.119. The second-order valence-electron chi connectivity index (χ2n) is 4.40. The minimum absolute atomic E-state index is 0.172. The zero-order valence-corrected chi connectivity index (χ0v) is 9.53. The van der Waals surface area contributed by atoms with E-state index in [1.165, 1.54) is 0 Å². The predicted molar refractivity (Wildman–Crippen MR) is 61.0 cm³/mol. The molecule has 2 heterocycles. The number of carbonyl (C=O) groups is 1. The second-order valence-corrected chi connectivity index (χ2v) is 4.40. The Morgan fingerprint density at radius 2 is 2.56 bits per heavy atom. The van der Waals surface area contributed by atoms with Gasteiger partial charge < -0.3 is 15.1 Å². The number of amides is 1. The summed E-state index contributed by atoms with van der Waals surface area (Å²) in [6.07, 6.45) is 4.19. The molecule has 2 atom stereocenters. The van der Waals surface area contributed by atoms with Crippen LogP contribution < -0.4 is 10.6 Å². The van der Waals surface area contributed by atoms with Crippen LogP contribution in [0.2, 0.25) is 0 Å². The van der Waals surface area contributed by atoms with Gasteiger partial charge in [-0.15, -0.1) is 0 Å². The number of carbonyl (C=O) groups excluding carboxylic acids is 1. The highest BCUT2D eigenvalue weighted by Crippen LogP contribution is 2.07. The van der Waals surface area contributed by atoms with Crippen LogP contribution in [0.15, 0.2) is 22.8 Å². The van der Waals surface area contributed by atoms with Gasteiger partial charge in [0.05, 0.1) is 6.26 Å². The van der Waals surface area contributed by atoms with E-state index in [4.69, 9.17) is 4.42 Å². The van der Waals surface area contributed by atoms with Crippen LogP contribution in [0.1, 0.15) is 25.5 Å². The van der Waals surface area contributed by atoms with Crippen molar-refractivity contribution in [2.75, 3.05) is 6.54 Å². The summed E-state index contributed by atoms with van der Waals surface area (Å²) in [6.45, 7) is 2.97. The molecule has 0 spiro atoms. The molecule has 1 aliphatic heterocycles. The van der Waals surface area contributed by atoms with E-state index in [0.717, 1.165) is 25.1 Å². The molecule has 0 aliphatic carbocycles. The normalized spacial score (nSPS) is 22.1. The van der Waals surface area contributed by atoms with Crippen molar-refractivity contribution in [3.8, 4) is 0 Å². The summed E-state index contributed by atoms with van der Waals surface area (Å²) >= 11 is 0. The molecule has 1 aromatic heterocycles. The van der Waals surface area contributed by atoms with Gasteiger partial charge in [-0.3, -0.25) is 4.79 Å². The van der Waals surface area contributed by atoms with Crippen LogP contribution in [0.3, 0.4) is 0 Å². The van der Waals surface area contributed by atoms with Gasteiger partial charge in [0.1, 0.15) is 5.76 Å². The van der Waals surface area contributed by atoms with Gasteiger partial charge in [0, 0.05) is 31.5 Å². The Bertz CT molecular complexity index is 335. The van der Waals surface area contributed by atoms with E-state index in [-0.39, 0.29) is 5.91 Å². The third-order valence-electron chi connectivity index (χ3n) is 2.89. The molecule has 1 fully saturated rings. The van der Waals surface area contributed by atoms with Crippen molar-refractivity contribution < 1.29 is 9.21 Å². The minimum atomic E-state index is 0.172. The fourth-order valence-electron chi connectivity index (χ4n) is 1.98. The highest BCUT2D eigenvalue weighted by atomic mass is 16.3. The first-order chi connectivity index (χ1) is 7.74. The van der Waals surface area contributed by atoms with Crippen molar-refractivity contribution in [3.63, 3.8) is 0 Å². The predicted octanol–water partition coefficient (Wildman–Crippen LogP) is 1.08. The summed E-state index contributed by atoms with van der Waals surface area (Å²) in [6, 6.07) is 4.55. The SMILES string of the molecule is CC(Cc1ccco1)NCC1CCC(=O)N1. The van der Waals surface area contributed by atoms with Gasteiger partial charge in [-0.25, -0.2) is 0 Å². The highest BCUT2D eigenvalue weighted by molar-refractivity contribution is 5.78. The molecule has 88 valence electrons. The second kappa shape index (κ2) is 5.16. The summed E-state index contributed by atoms with van der Waals surface area (Å²) in [5.41, 5.74) is 0. The van der Waals surface area contributed by atoms with E-state index in [0.29, 0.717) is 18.5 Å². The molecule has 4 heteroatoms. The van der Waals surface area contributed by atoms with E-state index < -0.39 is 0 Å². The molecular formula is C12H18N2O2. The van der Waals surface area contributed by atoms with E-state index in [1.807, 2.05) is 12.1 Å². The largest absolute Gasteiger partial charge is 0.469 e. The smallest absolute Gasteiger partial charge is 0.220 e. The van der Waals surface area contributed by atoms with Crippen molar-refractivity contribution >= 4 is 5.91 Å². The lowest BCUT2D eigenvalue weighted by Crippen LogP contribution is -2.40. The maximum Gasteiger partial charge on any atom is 0.220 e. The first-order valence-corrected chi connectivity index (χ1v) is 5.79. The van der Waals surface area contributed by atoms with Gasteiger partial charge in [0.15, 0.2) is 0 Å². The Balaban J connectivity index is 1.68. The van der Waals surface area contributed by atoms with Crippen molar-refractivity contribution in [1.29, 1.82) is 0 Å². The van der Waals surface area contributed by atoms with Crippen molar-refractivity contribution in [2.45, 2.75) is 38.3 Å². The van der Waals surface area contributed by atoms with Crippen LogP contribution in [0.5, 0.6) is 0 Å². The average Bonchev–Trinajstić information content (AvgIpc) is 2.87. The summed E-state index contributed by atoms with van der Waals surface area (Å²) < 4.78 is 5.28. The van der Waals surface area contributed by atoms with Gasteiger partial charge in [0.2, 0.25) is 5.91 Å². The molecule has 0 aromatic carbocycles. The number of nitrogens with one attached hydrogen (secondary N) is 2. The highest BCUT2D eigenvalue weighted by Gasteiger charge is 2.20. The van der Waals surface area contributed by atoms with Crippen molar-refractivity contribution in [2.24, 2.45) is 0 Å². The molecule has 0 radical (unpaired) electrons. The standard InChI is InChI=1S/C12H18N2O2/c1-9(7-11-3-2-6-16-11)13-8-10-4-5-12(15)14-10/h2-3,6,9-10,13H,4-5,7-8H2,1H3,(H,14,15).